The van der Waals surface area contributed by atoms with Crippen LogP contribution < -0.4 is 5.73 Å². The third-order valence-corrected chi connectivity index (χ3v) is 3.48. The number of carbonyl (C=O) groups is 1. The molecule has 0 aliphatic heterocycles. The first-order valence-electron chi connectivity index (χ1n) is 6.67. The summed E-state index contributed by atoms with van der Waals surface area (Å²) in [5.74, 6) is -0.00679. The molecule has 6 nitrogen and oxygen atoms in total. The number of aromatic nitrogens is 3. The van der Waals surface area contributed by atoms with Crippen molar-refractivity contribution in [1.82, 2.24) is 19.9 Å². The summed E-state index contributed by atoms with van der Waals surface area (Å²) >= 11 is 0. The molecule has 2 rings (SSSR count). The van der Waals surface area contributed by atoms with Crippen LogP contribution in [0.15, 0.2) is 6.20 Å². The van der Waals surface area contributed by atoms with Gasteiger partial charge < -0.3 is 10.6 Å². The zero-order valence-corrected chi connectivity index (χ0v) is 10.9. The quantitative estimate of drug-likeness (QED) is 0.833. The lowest BCUT2D eigenvalue weighted by Crippen LogP contribution is -2.38. The number of nitrogens with zero attached hydrogens (tertiary/aromatic N) is 4. The summed E-state index contributed by atoms with van der Waals surface area (Å²) in [4.78, 5) is 14.3. The highest BCUT2D eigenvalue weighted by atomic mass is 16.2. The molecule has 1 aliphatic carbocycles. The van der Waals surface area contributed by atoms with Gasteiger partial charge in [0.2, 0.25) is 0 Å². The van der Waals surface area contributed by atoms with Gasteiger partial charge in [0.1, 0.15) is 0 Å². The molecule has 1 aromatic rings. The molecule has 0 radical (unpaired) electrons. The second kappa shape index (κ2) is 5.95. The van der Waals surface area contributed by atoms with Gasteiger partial charge in [-0.15, -0.1) is 5.10 Å². The minimum atomic E-state index is -0.00679. The highest BCUT2D eigenvalue weighted by Crippen LogP contribution is 2.24. The summed E-state index contributed by atoms with van der Waals surface area (Å²) in [5, 5.41) is 7.85. The van der Waals surface area contributed by atoms with Crippen molar-refractivity contribution >= 4 is 5.91 Å². The highest BCUT2D eigenvalue weighted by molar-refractivity contribution is 5.92. The van der Waals surface area contributed by atoms with Crippen LogP contribution in [0.4, 0.5) is 0 Å². The van der Waals surface area contributed by atoms with Gasteiger partial charge in [-0.25, -0.2) is 0 Å². The normalized spacial score (nSPS) is 16.1. The van der Waals surface area contributed by atoms with Crippen molar-refractivity contribution in [1.29, 1.82) is 0 Å². The van der Waals surface area contributed by atoms with Crippen molar-refractivity contribution in [3.05, 3.63) is 11.9 Å². The zero-order valence-electron chi connectivity index (χ0n) is 10.9. The minimum Gasteiger partial charge on any atom is -0.334 e. The molecule has 0 aromatic carbocycles. The zero-order chi connectivity index (χ0) is 13.0. The van der Waals surface area contributed by atoms with Crippen molar-refractivity contribution < 1.29 is 4.79 Å². The van der Waals surface area contributed by atoms with Crippen LogP contribution in [0.5, 0.6) is 0 Å². The fourth-order valence-corrected chi connectivity index (χ4v) is 2.57. The van der Waals surface area contributed by atoms with E-state index in [4.69, 9.17) is 5.73 Å². The SMILES string of the molecule is CCN(C(=O)c1cn(CCN)nn1)C1CCCC1. The molecule has 0 saturated heterocycles. The Balaban J connectivity index is 2.07. The molecule has 100 valence electrons. The van der Waals surface area contributed by atoms with Crippen LogP contribution in [0.1, 0.15) is 43.1 Å². The first-order valence-corrected chi connectivity index (χ1v) is 6.67. The summed E-state index contributed by atoms with van der Waals surface area (Å²) in [6.07, 6.45) is 6.34. The third-order valence-electron chi connectivity index (χ3n) is 3.48. The number of hydrogen-bond acceptors (Lipinski definition) is 4. The Kier molecular flexibility index (Phi) is 4.30. The minimum absolute atomic E-state index is 0.00679. The fraction of sp³-hybridized carbons (Fsp3) is 0.750. The van der Waals surface area contributed by atoms with Crippen molar-refractivity contribution in [3.63, 3.8) is 0 Å². The fourth-order valence-electron chi connectivity index (χ4n) is 2.57. The molecule has 6 heteroatoms. The van der Waals surface area contributed by atoms with E-state index in [0.29, 0.717) is 24.8 Å². The summed E-state index contributed by atoms with van der Waals surface area (Å²) < 4.78 is 1.62. The Hall–Kier alpha value is -1.43. The van der Waals surface area contributed by atoms with E-state index >= 15 is 0 Å². The van der Waals surface area contributed by atoms with E-state index in [2.05, 4.69) is 10.3 Å². The number of amides is 1. The summed E-state index contributed by atoms with van der Waals surface area (Å²) in [6.45, 7) is 3.83. The first kappa shape index (κ1) is 13.0. The van der Waals surface area contributed by atoms with E-state index in [9.17, 15) is 4.79 Å². The van der Waals surface area contributed by atoms with Crippen molar-refractivity contribution in [3.8, 4) is 0 Å². The van der Waals surface area contributed by atoms with Crippen molar-refractivity contribution in [2.75, 3.05) is 13.1 Å². The van der Waals surface area contributed by atoms with Crippen LogP contribution in [0.3, 0.4) is 0 Å². The average molecular weight is 251 g/mol. The molecular formula is C12H21N5O. The van der Waals surface area contributed by atoms with Gasteiger partial charge in [-0.05, 0) is 19.8 Å². The van der Waals surface area contributed by atoms with Gasteiger partial charge in [0.25, 0.3) is 5.91 Å². The third kappa shape index (κ3) is 2.69. The van der Waals surface area contributed by atoms with Crippen molar-refractivity contribution in [2.45, 2.75) is 45.2 Å². The topological polar surface area (TPSA) is 77.0 Å². The Morgan fingerprint density at radius 1 is 1.56 bits per heavy atom. The monoisotopic (exact) mass is 251 g/mol. The van der Waals surface area contributed by atoms with Crippen LogP contribution in [-0.4, -0.2) is 44.9 Å². The molecule has 18 heavy (non-hydrogen) atoms. The molecule has 1 amide bonds. The number of nitrogens with two attached hydrogens (primary N) is 1. The predicted molar refractivity (Wildman–Crippen MR) is 68.0 cm³/mol. The Bertz CT molecular complexity index is 397. The van der Waals surface area contributed by atoms with E-state index < -0.39 is 0 Å². The molecule has 1 saturated carbocycles. The lowest BCUT2D eigenvalue weighted by atomic mass is 10.2. The second-order valence-corrected chi connectivity index (χ2v) is 4.68. The molecule has 0 bridgehead atoms. The van der Waals surface area contributed by atoms with Crippen LogP contribution in [0.25, 0.3) is 0 Å². The molecule has 0 unspecified atom stereocenters. The average Bonchev–Trinajstić information content (AvgIpc) is 3.01. The molecule has 2 N–H and O–H groups in total. The predicted octanol–water partition coefficient (Wildman–Crippen LogP) is 0.641. The lowest BCUT2D eigenvalue weighted by Gasteiger charge is -2.26. The van der Waals surface area contributed by atoms with E-state index in [1.807, 2.05) is 11.8 Å². The second-order valence-electron chi connectivity index (χ2n) is 4.68. The van der Waals surface area contributed by atoms with E-state index in [0.717, 1.165) is 19.4 Å². The standard InChI is InChI=1S/C12H21N5O/c1-2-17(10-5-3-4-6-10)12(18)11-9-16(8-7-13)15-14-11/h9-10H,2-8,13H2,1H3. The molecule has 0 spiro atoms. The molecule has 1 aliphatic rings. The van der Waals surface area contributed by atoms with E-state index in [-0.39, 0.29) is 5.91 Å². The molecule has 0 atom stereocenters. The van der Waals surface area contributed by atoms with Crippen LogP contribution in [0, 0.1) is 0 Å². The Morgan fingerprint density at radius 3 is 2.89 bits per heavy atom. The summed E-state index contributed by atoms with van der Waals surface area (Å²) in [5.41, 5.74) is 5.88. The maximum Gasteiger partial charge on any atom is 0.276 e. The van der Waals surface area contributed by atoms with Gasteiger partial charge in [0, 0.05) is 19.1 Å². The van der Waals surface area contributed by atoms with Gasteiger partial charge in [0.15, 0.2) is 5.69 Å². The molecule has 1 fully saturated rings. The Labute approximate surface area is 107 Å². The van der Waals surface area contributed by atoms with Gasteiger partial charge in [-0.3, -0.25) is 9.48 Å². The summed E-state index contributed by atoms with van der Waals surface area (Å²) in [6, 6.07) is 0.377. The largest absolute Gasteiger partial charge is 0.334 e. The van der Waals surface area contributed by atoms with E-state index in [1.54, 1.807) is 10.9 Å². The maximum atomic E-state index is 12.4. The molecule has 1 aromatic heterocycles. The highest BCUT2D eigenvalue weighted by Gasteiger charge is 2.27. The number of hydrogen-bond donors (Lipinski definition) is 1. The van der Waals surface area contributed by atoms with Gasteiger partial charge in [-0.1, -0.05) is 18.1 Å². The van der Waals surface area contributed by atoms with Crippen LogP contribution >= 0.6 is 0 Å². The van der Waals surface area contributed by atoms with E-state index in [1.165, 1.54) is 12.8 Å². The first-order chi connectivity index (χ1) is 8.76. The number of carbonyl (C=O) groups excluding carboxylic acids is 1. The number of rotatable bonds is 5. The van der Waals surface area contributed by atoms with Gasteiger partial charge >= 0.3 is 0 Å². The maximum absolute atomic E-state index is 12.4. The van der Waals surface area contributed by atoms with Gasteiger partial charge in [-0.2, -0.15) is 0 Å². The lowest BCUT2D eigenvalue weighted by molar-refractivity contribution is 0.0687. The van der Waals surface area contributed by atoms with Crippen LogP contribution in [0.2, 0.25) is 0 Å². The smallest absolute Gasteiger partial charge is 0.276 e. The van der Waals surface area contributed by atoms with Crippen molar-refractivity contribution in [2.24, 2.45) is 5.73 Å². The molecule has 1 heterocycles. The Morgan fingerprint density at radius 2 is 2.28 bits per heavy atom. The molecular weight excluding hydrogens is 230 g/mol. The summed E-state index contributed by atoms with van der Waals surface area (Å²) in [7, 11) is 0. The van der Waals surface area contributed by atoms with Gasteiger partial charge in [0.05, 0.1) is 12.7 Å². The van der Waals surface area contributed by atoms with Crippen LogP contribution in [-0.2, 0) is 6.54 Å².